The molecule has 2 nitrogen and oxygen atoms in total. The quantitative estimate of drug-likeness (QED) is 0.664. The van der Waals surface area contributed by atoms with Gasteiger partial charge in [-0.05, 0) is 50.1 Å². The van der Waals surface area contributed by atoms with Crippen LogP contribution in [-0.4, -0.2) is 6.61 Å². The monoisotopic (exact) mass is 429 g/mol. The predicted octanol–water partition coefficient (Wildman–Crippen LogP) is 5.63. The molecule has 0 aliphatic rings. The average Bonchev–Trinajstić information content (AvgIpc) is 2.69. The molecule has 0 atom stereocenters. The molecule has 20 heavy (non-hydrogen) atoms. The zero-order valence-electron chi connectivity index (χ0n) is 9.80. The van der Waals surface area contributed by atoms with Crippen molar-refractivity contribution in [3.8, 4) is 5.75 Å². The Morgan fingerprint density at radius 1 is 1.25 bits per heavy atom. The molecule has 0 spiro atoms. The second kappa shape index (κ2) is 6.82. The van der Waals surface area contributed by atoms with Gasteiger partial charge in [0, 0.05) is 27.6 Å². The Kier molecular flexibility index (Phi) is 5.34. The molecule has 0 fully saturated rings. The highest BCUT2D eigenvalue weighted by atomic mass is 79.9. The first-order chi connectivity index (χ1) is 9.45. The fraction of sp³-hybridized carbons (Fsp3) is 0.167. The van der Waals surface area contributed by atoms with Crippen LogP contribution in [0.5, 0.6) is 5.75 Å². The minimum absolute atomic E-state index is 0.466. The maximum atomic E-state index is 13.5. The van der Waals surface area contributed by atoms with E-state index in [0.29, 0.717) is 12.2 Å². The summed E-state index contributed by atoms with van der Waals surface area (Å²) >= 11 is 8.30. The molecule has 0 radical (unpaired) electrons. The molecule has 2 rings (SSSR count). The third-order valence-corrected chi connectivity index (χ3v) is 5.57. The van der Waals surface area contributed by atoms with Gasteiger partial charge in [-0.3, -0.25) is 0 Å². The van der Waals surface area contributed by atoms with Gasteiger partial charge in [0.05, 0.1) is 3.79 Å². The summed E-state index contributed by atoms with van der Waals surface area (Å²) in [7, 11) is 0. The van der Waals surface area contributed by atoms with Gasteiger partial charge in [0.2, 0.25) is 0 Å². The molecular formula is C12H8Br2F3NOS. The van der Waals surface area contributed by atoms with E-state index >= 15 is 0 Å². The van der Waals surface area contributed by atoms with E-state index in [1.165, 1.54) is 23.5 Å². The molecule has 0 amide bonds. The van der Waals surface area contributed by atoms with Crippen molar-refractivity contribution in [1.82, 2.24) is 0 Å². The molecule has 1 aromatic heterocycles. The standard InChI is InChI=1S/C12H8Br2F3NOS/c13-8-4-7(20-11(8)14)5-18-6-1-2-10(9(15)3-6)19-12(16)17/h1-4,12,18H,5H2. The molecule has 1 N–H and O–H groups in total. The highest BCUT2D eigenvalue weighted by Crippen LogP contribution is 2.33. The van der Waals surface area contributed by atoms with Gasteiger partial charge in [0.15, 0.2) is 11.6 Å². The second-order valence-corrected chi connectivity index (χ2v) is 7.02. The normalized spacial score (nSPS) is 10.9. The van der Waals surface area contributed by atoms with Crippen molar-refractivity contribution in [3.05, 3.63) is 43.2 Å². The molecule has 0 aliphatic carbocycles. The summed E-state index contributed by atoms with van der Waals surface area (Å²) in [6.07, 6.45) is 0. The number of hydrogen-bond acceptors (Lipinski definition) is 3. The number of hydrogen-bond donors (Lipinski definition) is 1. The van der Waals surface area contributed by atoms with Gasteiger partial charge in [-0.15, -0.1) is 11.3 Å². The molecule has 0 saturated carbocycles. The number of thiophene rings is 1. The fourth-order valence-corrected chi connectivity index (χ4v) is 3.59. The second-order valence-electron chi connectivity index (χ2n) is 3.71. The SMILES string of the molecule is Fc1cc(NCc2cc(Br)c(Br)s2)ccc1OC(F)F. The summed E-state index contributed by atoms with van der Waals surface area (Å²) in [5.41, 5.74) is 0.491. The van der Waals surface area contributed by atoms with Gasteiger partial charge in [-0.25, -0.2) is 4.39 Å². The molecular weight excluding hydrogens is 423 g/mol. The first-order valence-corrected chi connectivity index (χ1v) is 7.78. The molecule has 2 aromatic rings. The van der Waals surface area contributed by atoms with Crippen molar-refractivity contribution < 1.29 is 17.9 Å². The topological polar surface area (TPSA) is 21.3 Å². The van der Waals surface area contributed by atoms with Crippen molar-refractivity contribution in [3.63, 3.8) is 0 Å². The molecule has 1 heterocycles. The Balaban J connectivity index is 2.01. The number of benzene rings is 1. The third kappa shape index (κ3) is 4.13. The number of alkyl halides is 2. The van der Waals surface area contributed by atoms with Crippen molar-refractivity contribution >= 4 is 48.9 Å². The van der Waals surface area contributed by atoms with Gasteiger partial charge in [0.1, 0.15) is 0 Å². The van der Waals surface area contributed by atoms with Crippen LogP contribution in [0.4, 0.5) is 18.9 Å². The smallest absolute Gasteiger partial charge is 0.387 e. The zero-order valence-corrected chi connectivity index (χ0v) is 13.8. The zero-order chi connectivity index (χ0) is 14.7. The Morgan fingerprint density at radius 2 is 2.00 bits per heavy atom. The summed E-state index contributed by atoms with van der Waals surface area (Å²) in [6.45, 7) is -2.53. The van der Waals surface area contributed by atoms with E-state index in [-0.39, 0.29) is 0 Å². The van der Waals surface area contributed by atoms with Crippen LogP contribution in [0.1, 0.15) is 4.88 Å². The lowest BCUT2D eigenvalue weighted by molar-refractivity contribution is -0.0521. The Morgan fingerprint density at radius 3 is 2.55 bits per heavy atom. The van der Waals surface area contributed by atoms with Crippen LogP contribution >= 0.6 is 43.2 Å². The highest BCUT2D eigenvalue weighted by Gasteiger charge is 2.10. The van der Waals surface area contributed by atoms with E-state index in [1.807, 2.05) is 6.07 Å². The van der Waals surface area contributed by atoms with Crippen molar-refractivity contribution in [1.29, 1.82) is 0 Å². The maximum Gasteiger partial charge on any atom is 0.387 e. The Hall–Kier alpha value is -0.730. The lowest BCUT2D eigenvalue weighted by Crippen LogP contribution is -2.04. The van der Waals surface area contributed by atoms with Crippen LogP contribution in [-0.2, 0) is 6.54 Å². The number of ether oxygens (including phenoxy) is 1. The molecule has 0 unspecified atom stereocenters. The van der Waals surface area contributed by atoms with Crippen LogP contribution in [0.25, 0.3) is 0 Å². The molecule has 108 valence electrons. The summed E-state index contributed by atoms with van der Waals surface area (Å²) in [4.78, 5) is 1.04. The molecule has 0 bridgehead atoms. The van der Waals surface area contributed by atoms with Crippen LogP contribution in [0.15, 0.2) is 32.5 Å². The molecule has 0 saturated heterocycles. The number of rotatable bonds is 5. The van der Waals surface area contributed by atoms with E-state index < -0.39 is 18.2 Å². The van der Waals surface area contributed by atoms with E-state index in [9.17, 15) is 13.2 Å². The minimum Gasteiger partial charge on any atom is -0.432 e. The van der Waals surface area contributed by atoms with E-state index in [0.717, 1.165) is 19.2 Å². The fourth-order valence-electron chi connectivity index (χ4n) is 1.47. The third-order valence-electron chi connectivity index (χ3n) is 2.31. The summed E-state index contributed by atoms with van der Waals surface area (Å²) in [5.74, 6) is -1.30. The highest BCUT2D eigenvalue weighted by molar-refractivity contribution is 9.13. The minimum atomic E-state index is -3.04. The van der Waals surface area contributed by atoms with Gasteiger partial charge in [-0.1, -0.05) is 0 Å². The lowest BCUT2D eigenvalue weighted by atomic mass is 10.3. The average molecular weight is 431 g/mol. The number of anilines is 1. The van der Waals surface area contributed by atoms with E-state index in [1.54, 1.807) is 0 Å². The van der Waals surface area contributed by atoms with Crippen molar-refractivity contribution in [2.75, 3.05) is 5.32 Å². The van der Waals surface area contributed by atoms with Gasteiger partial charge in [0.25, 0.3) is 0 Å². The van der Waals surface area contributed by atoms with Crippen LogP contribution in [0, 0.1) is 5.82 Å². The molecule has 1 aromatic carbocycles. The first-order valence-electron chi connectivity index (χ1n) is 5.37. The van der Waals surface area contributed by atoms with Crippen LogP contribution in [0.3, 0.4) is 0 Å². The maximum absolute atomic E-state index is 13.5. The van der Waals surface area contributed by atoms with Gasteiger partial charge in [-0.2, -0.15) is 8.78 Å². The summed E-state index contributed by atoms with van der Waals surface area (Å²) < 4.78 is 43.4. The Labute approximate surface area is 134 Å². The Bertz CT molecular complexity index is 587. The summed E-state index contributed by atoms with van der Waals surface area (Å²) in [5, 5.41) is 3.01. The van der Waals surface area contributed by atoms with E-state index in [2.05, 4.69) is 41.9 Å². The number of halogens is 5. The lowest BCUT2D eigenvalue weighted by Gasteiger charge is -2.08. The van der Waals surface area contributed by atoms with Gasteiger partial charge < -0.3 is 10.1 Å². The first kappa shape index (κ1) is 15.7. The van der Waals surface area contributed by atoms with Crippen molar-refractivity contribution in [2.45, 2.75) is 13.2 Å². The predicted molar refractivity (Wildman–Crippen MR) is 80.1 cm³/mol. The molecule has 8 heteroatoms. The van der Waals surface area contributed by atoms with Gasteiger partial charge >= 0.3 is 6.61 Å². The van der Waals surface area contributed by atoms with E-state index in [4.69, 9.17) is 0 Å². The van der Waals surface area contributed by atoms with Crippen molar-refractivity contribution in [2.24, 2.45) is 0 Å². The van der Waals surface area contributed by atoms with Crippen LogP contribution in [0.2, 0.25) is 0 Å². The summed E-state index contributed by atoms with van der Waals surface area (Å²) in [6, 6.07) is 5.71. The molecule has 0 aliphatic heterocycles. The largest absolute Gasteiger partial charge is 0.432 e. The number of nitrogens with one attached hydrogen (secondary N) is 1. The van der Waals surface area contributed by atoms with Crippen LogP contribution < -0.4 is 10.1 Å².